The van der Waals surface area contributed by atoms with Crippen molar-refractivity contribution in [3.05, 3.63) is 45.4 Å². The molecule has 0 aliphatic carbocycles. The number of fused-ring (bicyclic) bond motifs is 1. The minimum atomic E-state index is -0.153. The lowest BCUT2D eigenvalue weighted by atomic mass is 10.1. The van der Waals surface area contributed by atoms with Crippen LogP contribution in [0.3, 0.4) is 0 Å². The number of nitrogens with zero attached hydrogens (tertiary/aromatic N) is 2. The Morgan fingerprint density at radius 3 is 2.84 bits per heavy atom. The van der Waals surface area contributed by atoms with Gasteiger partial charge in [-0.1, -0.05) is 12.1 Å². The van der Waals surface area contributed by atoms with Gasteiger partial charge in [-0.25, -0.2) is 4.98 Å². The van der Waals surface area contributed by atoms with E-state index in [1.165, 1.54) is 0 Å². The minimum absolute atomic E-state index is 0.153. The highest BCUT2D eigenvalue weighted by atomic mass is 16.5. The smallest absolute Gasteiger partial charge is 0.257 e. The quantitative estimate of drug-likeness (QED) is 0.828. The predicted molar refractivity (Wildman–Crippen MR) is 95.9 cm³/mol. The third kappa shape index (κ3) is 3.76. The van der Waals surface area contributed by atoms with Gasteiger partial charge in [0.1, 0.15) is 0 Å². The second-order valence-corrected chi connectivity index (χ2v) is 5.95. The highest BCUT2D eigenvalue weighted by Crippen LogP contribution is 2.33. The van der Waals surface area contributed by atoms with Crippen molar-refractivity contribution < 1.29 is 9.47 Å². The van der Waals surface area contributed by atoms with E-state index in [1.807, 2.05) is 32.0 Å². The van der Waals surface area contributed by atoms with Gasteiger partial charge in [0.25, 0.3) is 5.56 Å². The number of nitrogen functional groups attached to an aromatic ring is 1. The van der Waals surface area contributed by atoms with Crippen LogP contribution < -0.4 is 20.8 Å². The molecule has 3 N–H and O–H groups in total. The first kappa shape index (κ1) is 17.3. The number of para-hydroxylation sites is 1. The Kier molecular flexibility index (Phi) is 5.23. The Morgan fingerprint density at radius 2 is 2.08 bits per heavy atom. The molecule has 0 saturated heterocycles. The number of benzene rings is 1. The average Bonchev–Trinajstić information content (AvgIpc) is 2.58. The molecule has 0 unspecified atom stereocenters. The van der Waals surface area contributed by atoms with E-state index in [0.29, 0.717) is 38.3 Å². The first-order chi connectivity index (χ1) is 12.1. The maximum absolute atomic E-state index is 12.1. The monoisotopic (exact) mass is 344 g/mol. The van der Waals surface area contributed by atoms with Crippen LogP contribution in [0, 0.1) is 0 Å². The summed E-state index contributed by atoms with van der Waals surface area (Å²) in [6.07, 6.45) is 0.707. The maximum Gasteiger partial charge on any atom is 0.257 e. The van der Waals surface area contributed by atoms with Crippen molar-refractivity contribution in [3.63, 3.8) is 0 Å². The number of rotatable bonds is 6. The van der Waals surface area contributed by atoms with Crippen molar-refractivity contribution in [3.8, 4) is 11.5 Å². The van der Waals surface area contributed by atoms with Crippen molar-refractivity contribution in [2.24, 2.45) is 0 Å². The number of H-pyrrole nitrogens is 1. The number of ether oxygens (including phenoxy) is 2. The number of anilines is 1. The summed E-state index contributed by atoms with van der Waals surface area (Å²) in [6.45, 7) is 7.11. The van der Waals surface area contributed by atoms with Gasteiger partial charge in [-0.05, 0) is 19.9 Å². The van der Waals surface area contributed by atoms with Crippen LogP contribution in [0.4, 0.5) is 5.95 Å². The molecule has 1 aliphatic heterocycles. The summed E-state index contributed by atoms with van der Waals surface area (Å²) >= 11 is 0. The zero-order chi connectivity index (χ0) is 17.8. The largest absolute Gasteiger partial charge is 0.490 e. The van der Waals surface area contributed by atoms with Gasteiger partial charge >= 0.3 is 0 Å². The molecule has 2 aromatic rings. The molecule has 0 spiro atoms. The van der Waals surface area contributed by atoms with Crippen LogP contribution in [0.2, 0.25) is 0 Å². The number of aromatic nitrogens is 2. The predicted octanol–water partition coefficient (Wildman–Crippen LogP) is 1.71. The number of hydrogen-bond acceptors (Lipinski definition) is 6. The van der Waals surface area contributed by atoms with Gasteiger partial charge in [0.05, 0.1) is 24.5 Å². The fraction of sp³-hybridized carbons (Fsp3) is 0.444. The van der Waals surface area contributed by atoms with Gasteiger partial charge in [-0.2, -0.15) is 0 Å². The zero-order valence-electron chi connectivity index (χ0n) is 14.7. The standard InChI is InChI=1S/C18H24N4O3/c1-3-24-15-7-5-6-12(16(15)25-4-2)10-22-9-8-14-13(11-22)17(23)21-18(19)20-14/h5-7H,3-4,8-11H2,1-2H3,(H3,19,20,21,23). The number of hydrogen-bond donors (Lipinski definition) is 2. The van der Waals surface area contributed by atoms with Gasteiger partial charge in [-0.3, -0.25) is 14.7 Å². The lowest BCUT2D eigenvalue weighted by Crippen LogP contribution is -2.35. The molecular weight excluding hydrogens is 320 g/mol. The summed E-state index contributed by atoms with van der Waals surface area (Å²) in [6, 6.07) is 5.92. The molecule has 7 heteroatoms. The Bertz CT molecular complexity index is 803. The molecule has 0 saturated carbocycles. The highest BCUT2D eigenvalue weighted by molar-refractivity contribution is 5.46. The van der Waals surface area contributed by atoms with Gasteiger partial charge in [-0.15, -0.1) is 0 Å². The molecule has 0 fully saturated rings. The lowest BCUT2D eigenvalue weighted by Gasteiger charge is -2.28. The average molecular weight is 344 g/mol. The third-order valence-electron chi connectivity index (χ3n) is 4.21. The van der Waals surface area contributed by atoms with E-state index in [2.05, 4.69) is 14.9 Å². The first-order valence-corrected chi connectivity index (χ1v) is 8.59. The molecule has 0 atom stereocenters. The third-order valence-corrected chi connectivity index (χ3v) is 4.21. The number of aromatic amines is 1. The topological polar surface area (TPSA) is 93.5 Å². The van der Waals surface area contributed by atoms with E-state index in [1.54, 1.807) is 0 Å². The molecule has 0 radical (unpaired) electrons. The van der Waals surface area contributed by atoms with Gasteiger partial charge in [0.2, 0.25) is 5.95 Å². The van der Waals surface area contributed by atoms with Crippen LogP contribution in [-0.2, 0) is 19.5 Å². The second kappa shape index (κ2) is 7.57. The number of nitrogens with two attached hydrogens (primary N) is 1. The van der Waals surface area contributed by atoms with Crippen molar-refractivity contribution in [1.29, 1.82) is 0 Å². The molecule has 25 heavy (non-hydrogen) atoms. The molecule has 1 aromatic carbocycles. The van der Waals surface area contributed by atoms with E-state index < -0.39 is 0 Å². The van der Waals surface area contributed by atoms with E-state index in [0.717, 1.165) is 29.3 Å². The van der Waals surface area contributed by atoms with Crippen LogP contribution in [0.25, 0.3) is 0 Å². The molecule has 0 bridgehead atoms. The van der Waals surface area contributed by atoms with Gasteiger partial charge in [0.15, 0.2) is 11.5 Å². The van der Waals surface area contributed by atoms with E-state index in [-0.39, 0.29) is 11.5 Å². The molecule has 1 aliphatic rings. The van der Waals surface area contributed by atoms with E-state index >= 15 is 0 Å². The van der Waals surface area contributed by atoms with Crippen LogP contribution in [0.15, 0.2) is 23.0 Å². The minimum Gasteiger partial charge on any atom is -0.490 e. The van der Waals surface area contributed by atoms with Crippen molar-refractivity contribution in [2.45, 2.75) is 33.4 Å². The first-order valence-electron chi connectivity index (χ1n) is 8.59. The Balaban J connectivity index is 1.83. The molecule has 0 amide bonds. The molecule has 7 nitrogen and oxygen atoms in total. The summed E-state index contributed by atoms with van der Waals surface area (Å²) in [5, 5.41) is 0. The summed E-state index contributed by atoms with van der Waals surface area (Å²) in [4.78, 5) is 21.2. The number of nitrogens with one attached hydrogen (secondary N) is 1. The van der Waals surface area contributed by atoms with Crippen LogP contribution >= 0.6 is 0 Å². The fourth-order valence-electron chi connectivity index (χ4n) is 3.14. The Labute approximate surface area is 146 Å². The second-order valence-electron chi connectivity index (χ2n) is 5.95. The maximum atomic E-state index is 12.1. The normalized spacial score (nSPS) is 14.2. The molecule has 134 valence electrons. The summed E-state index contributed by atoms with van der Waals surface area (Å²) in [5.41, 5.74) is 8.02. The van der Waals surface area contributed by atoms with Gasteiger partial charge < -0.3 is 15.2 Å². The summed E-state index contributed by atoms with van der Waals surface area (Å²) in [5.74, 6) is 1.72. The van der Waals surface area contributed by atoms with Gasteiger partial charge in [0, 0.05) is 31.6 Å². The Hall–Kier alpha value is -2.54. The summed E-state index contributed by atoms with van der Waals surface area (Å²) < 4.78 is 11.5. The lowest BCUT2D eigenvalue weighted by molar-refractivity contribution is 0.232. The Morgan fingerprint density at radius 1 is 1.28 bits per heavy atom. The van der Waals surface area contributed by atoms with Crippen molar-refractivity contribution in [2.75, 3.05) is 25.5 Å². The van der Waals surface area contributed by atoms with E-state index in [9.17, 15) is 4.79 Å². The van der Waals surface area contributed by atoms with Crippen molar-refractivity contribution >= 4 is 5.95 Å². The molecular formula is C18H24N4O3. The van der Waals surface area contributed by atoms with Crippen LogP contribution in [0.5, 0.6) is 11.5 Å². The highest BCUT2D eigenvalue weighted by Gasteiger charge is 2.22. The molecule has 3 rings (SSSR count). The SMILES string of the molecule is CCOc1cccc(CN2CCc3nc(N)[nH]c(=O)c3C2)c1OCC. The fourth-order valence-corrected chi connectivity index (χ4v) is 3.14. The zero-order valence-corrected chi connectivity index (χ0v) is 14.7. The molecule has 1 aromatic heterocycles. The van der Waals surface area contributed by atoms with E-state index in [4.69, 9.17) is 15.2 Å². The van der Waals surface area contributed by atoms with Crippen LogP contribution in [0.1, 0.15) is 30.7 Å². The van der Waals surface area contributed by atoms with Crippen LogP contribution in [-0.4, -0.2) is 34.6 Å². The molecule has 2 heterocycles. The van der Waals surface area contributed by atoms with Crippen molar-refractivity contribution in [1.82, 2.24) is 14.9 Å². The summed E-state index contributed by atoms with van der Waals surface area (Å²) in [7, 11) is 0.